The Morgan fingerprint density at radius 2 is 1.75 bits per heavy atom. The molecule has 3 N–H and O–H groups in total. The van der Waals surface area contributed by atoms with E-state index in [1.807, 2.05) is 12.1 Å². The van der Waals surface area contributed by atoms with Crippen LogP contribution in [-0.2, 0) is 34.0 Å². The number of aldehydes is 2. The largest absolute Gasteiger partial charge is 0.393 e. The number of aliphatic hydroxyl groups is 1. The molecule has 0 aromatic heterocycles. The Hall–Kier alpha value is -2.85. The molecule has 0 aliphatic carbocycles. The molecule has 1 fully saturated rings. The summed E-state index contributed by atoms with van der Waals surface area (Å²) in [5.74, 6) is -0.350. The van der Waals surface area contributed by atoms with Crippen LogP contribution in [-0.4, -0.2) is 116 Å². The maximum Gasteiger partial charge on any atom is 0.230 e. The number of nitrogens with one attached hydrogen (secondary N) is 2. The molecule has 1 amide bonds. The number of benzene rings is 2. The van der Waals surface area contributed by atoms with Crippen molar-refractivity contribution in [3.8, 4) is 0 Å². The predicted molar refractivity (Wildman–Crippen MR) is 168 cm³/mol. The molecule has 1 heterocycles. The highest BCUT2D eigenvalue weighted by Gasteiger charge is 2.57. The van der Waals surface area contributed by atoms with Gasteiger partial charge in [0, 0.05) is 51.0 Å². The smallest absolute Gasteiger partial charge is 0.230 e. The van der Waals surface area contributed by atoms with Crippen LogP contribution in [0.2, 0.25) is 5.21 Å². The molecule has 40 heavy (non-hydrogen) atoms. The number of carbonyl (C=O) groups excluding carboxylic acids is 3. The number of morpholine rings is 1. The lowest BCUT2D eigenvalue weighted by Gasteiger charge is -2.54. The monoisotopic (exact) mass is 544 g/mol. The van der Waals surface area contributed by atoms with Crippen LogP contribution >= 0.6 is 0 Å². The van der Waals surface area contributed by atoms with E-state index < -0.39 is 16.2 Å². The molecule has 2 atom stereocenters. The molecule has 0 saturated carbocycles. The van der Waals surface area contributed by atoms with Crippen LogP contribution in [0, 0.1) is 0 Å². The second kappa shape index (κ2) is 13.2. The molecular formula is C27H40B4N4O5. The lowest BCUT2D eigenvalue weighted by atomic mass is 9.30. The third kappa shape index (κ3) is 6.54. The zero-order valence-corrected chi connectivity index (χ0v) is 24.6. The SMILES string of the molecule is BC(O)(C=O)C(B)(B)C(B)(C(=O)NC)N(C)Cc1c(C=O)cccc1NCc1cccc(CN2CCOCC2)c1. The molecule has 2 unspecified atom stereocenters. The minimum absolute atomic E-state index is 0.219. The zero-order chi connectivity index (χ0) is 29.6. The number of anilines is 1. The van der Waals surface area contributed by atoms with E-state index in [0.717, 1.165) is 55.9 Å². The number of nitrogens with zero attached hydrogens (tertiary/aromatic N) is 2. The van der Waals surface area contributed by atoms with Crippen molar-refractivity contribution < 1.29 is 24.2 Å². The average Bonchev–Trinajstić information content (AvgIpc) is 2.96. The van der Waals surface area contributed by atoms with Gasteiger partial charge in [-0.2, -0.15) is 0 Å². The fourth-order valence-electron chi connectivity index (χ4n) is 5.32. The van der Waals surface area contributed by atoms with E-state index in [9.17, 15) is 19.5 Å². The minimum atomic E-state index is -1.79. The molecule has 0 spiro atoms. The first-order valence-corrected chi connectivity index (χ1v) is 13.7. The van der Waals surface area contributed by atoms with Gasteiger partial charge in [-0.25, -0.2) is 0 Å². The summed E-state index contributed by atoms with van der Waals surface area (Å²) >= 11 is 0. The molecular weight excluding hydrogens is 504 g/mol. The highest BCUT2D eigenvalue weighted by molar-refractivity contribution is 6.54. The molecule has 0 radical (unpaired) electrons. The Balaban J connectivity index is 1.87. The van der Waals surface area contributed by atoms with Gasteiger partial charge in [-0.15, -0.1) is 0 Å². The van der Waals surface area contributed by atoms with Gasteiger partial charge in [-0.3, -0.25) is 19.4 Å². The third-order valence-corrected chi connectivity index (χ3v) is 8.86. The molecule has 210 valence electrons. The number of carbonyl (C=O) groups is 3. The Morgan fingerprint density at radius 1 is 1.10 bits per heavy atom. The minimum Gasteiger partial charge on any atom is -0.393 e. The van der Waals surface area contributed by atoms with Crippen LogP contribution in [0.3, 0.4) is 0 Å². The number of ether oxygens (including phenoxy) is 1. The summed E-state index contributed by atoms with van der Waals surface area (Å²) < 4.78 is 5.46. The van der Waals surface area contributed by atoms with Crippen molar-refractivity contribution in [1.29, 1.82) is 0 Å². The molecule has 0 bridgehead atoms. The number of hydrogen-bond acceptors (Lipinski definition) is 8. The van der Waals surface area contributed by atoms with Gasteiger partial charge in [0.05, 0.1) is 24.2 Å². The van der Waals surface area contributed by atoms with Gasteiger partial charge < -0.3 is 25.3 Å². The Kier molecular flexibility index (Phi) is 10.5. The Labute approximate surface area is 241 Å². The second-order valence-corrected chi connectivity index (χ2v) is 11.5. The Bertz CT molecular complexity index is 1210. The van der Waals surface area contributed by atoms with Crippen molar-refractivity contribution in [2.75, 3.05) is 45.7 Å². The first-order chi connectivity index (χ1) is 18.9. The summed E-state index contributed by atoms with van der Waals surface area (Å²) in [6.45, 7) is 5.00. The van der Waals surface area contributed by atoms with E-state index in [1.54, 1.807) is 41.6 Å². The first-order valence-electron chi connectivity index (χ1n) is 13.7. The van der Waals surface area contributed by atoms with E-state index in [-0.39, 0.29) is 12.5 Å². The maximum atomic E-state index is 13.3. The van der Waals surface area contributed by atoms with Crippen LogP contribution in [0.4, 0.5) is 5.69 Å². The van der Waals surface area contributed by atoms with Crippen LogP contribution in [0.25, 0.3) is 0 Å². The second-order valence-electron chi connectivity index (χ2n) is 11.5. The lowest BCUT2D eigenvalue weighted by molar-refractivity contribution is -0.132. The molecule has 1 aliphatic rings. The highest BCUT2D eigenvalue weighted by Crippen LogP contribution is 2.43. The Morgan fingerprint density at radius 3 is 2.38 bits per heavy atom. The molecule has 1 saturated heterocycles. The van der Waals surface area contributed by atoms with Gasteiger partial charge in [0.15, 0.2) is 7.85 Å². The fourth-order valence-corrected chi connectivity index (χ4v) is 5.32. The van der Waals surface area contributed by atoms with Gasteiger partial charge in [0.25, 0.3) is 0 Å². The standard InChI is InChI=1S/C27H40B4N4O5/c1-32-24(38)26(29,27(30,31)25(28,39)18-37)34(2)16-22-21(17-36)7-4-8-23(22)33-14-19-5-3-6-20(13-19)15-35-9-11-40-12-10-35/h3-8,13,17-18,33,39H,9-12,14-16,28-31H2,1-2H3,(H,32,38). The van der Waals surface area contributed by atoms with E-state index in [4.69, 9.17) is 4.74 Å². The van der Waals surface area contributed by atoms with Crippen LogP contribution < -0.4 is 10.6 Å². The molecule has 2 aromatic carbocycles. The summed E-state index contributed by atoms with van der Waals surface area (Å²) in [6, 6.07) is 13.9. The fraction of sp³-hybridized carbons (Fsp3) is 0.444. The van der Waals surface area contributed by atoms with Gasteiger partial charge in [0.2, 0.25) is 5.91 Å². The molecule has 2 aromatic rings. The van der Waals surface area contributed by atoms with Gasteiger partial charge in [-0.05, 0) is 35.0 Å². The first kappa shape index (κ1) is 31.7. The molecule has 13 heteroatoms. The van der Waals surface area contributed by atoms with Gasteiger partial charge in [0.1, 0.15) is 36.1 Å². The maximum absolute atomic E-state index is 13.3. The van der Waals surface area contributed by atoms with Crippen LogP contribution in [0.1, 0.15) is 27.0 Å². The van der Waals surface area contributed by atoms with Crippen molar-refractivity contribution in [2.45, 2.75) is 35.8 Å². The predicted octanol–water partition coefficient (Wildman–Crippen LogP) is -2.65. The molecule has 3 rings (SSSR count). The third-order valence-electron chi connectivity index (χ3n) is 8.86. The zero-order valence-electron chi connectivity index (χ0n) is 24.6. The van der Waals surface area contributed by atoms with Gasteiger partial charge in [-0.1, -0.05) is 36.4 Å². The van der Waals surface area contributed by atoms with E-state index in [1.165, 1.54) is 20.5 Å². The number of likely N-dealkylation sites (N-methyl/N-ethyl adjacent to an activating group) is 2. The molecule has 1 aliphatic heterocycles. The van der Waals surface area contributed by atoms with Crippen molar-refractivity contribution in [2.24, 2.45) is 0 Å². The van der Waals surface area contributed by atoms with Crippen molar-refractivity contribution >= 4 is 55.6 Å². The van der Waals surface area contributed by atoms with E-state index >= 15 is 0 Å². The topological polar surface area (TPSA) is 111 Å². The van der Waals surface area contributed by atoms with Crippen molar-refractivity contribution in [3.05, 3.63) is 64.7 Å². The van der Waals surface area contributed by atoms with E-state index in [0.29, 0.717) is 18.4 Å². The normalized spacial score (nSPS) is 17.4. The lowest BCUT2D eigenvalue weighted by Crippen LogP contribution is -2.71. The summed E-state index contributed by atoms with van der Waals surface area (Å²) in [5, 5.41) is 16.0. The van der Waals surface area contributed by atoms with Crippen LogP contribution in [0.15, 0.2) is 42.5 Å². The number of rotatable bonds is 13. The van der Waals surface area contributed by atoms with Crippen molar-refractivity contribution in [1.82, 2.24) is 15.1 Å². The quantitative estimate of drug-likeness (QED) is 0.186. The molecule has 9 nitrogen and oxygen atoms in total. The van der Waals surface area contributed by atoms with Gasteiger partial charge >= 0.3 is 0 Å². The van der Waals surface area contributed by atoms with Crippen LogP contribution in [0.5, 0.6) is 0 Å². The summed E-state index contributed by atoms with van der Waals surface area (Å²) in [6.07, 6.45) is 1.28. The number of amides is 1. The average molecular weight is 544 g/mol. The van der Waals surface area contributed by atoms with Crippen molar-refractivity contribution in [3.63, 3.8) is 0 Å². The highest BCUT2D eigenvalue weighted by atomic mass is 16.5. The summed E-state index contributed by atoms with van der Waals surface area (Å²) in [7, 11) is 9.80. The van der Waals surface area contributed by atoms with E-state index in [2.05, 4.69) is 39.8 Å². The summed E-state index contributed by atoms with van der Waals surface area (Å²) in [5.41, 5.74) is 1.23. The summed E-state index contributed by atoms with van der Waals surface area (Å²) in [4.78, 5) is 41.4. The number of hydrogen-bond donors (Lipinski definition) is 3.